The van der Waals surface area contributed by atoms with Crippen molar-refractivity contribution in [2.24, 2.45) is 0 Å². The number of aromatic nitrogens is 2. The standard InChI is InChI=1S/C17H22N4O2/c1-13(20-17(22)11-15-12-23-9-7-18-15)14-4-2-5-16(10-14)21-8-3-6-19-21/h2-6,8,10,13,15,18H,7,9,11-12H2,1H3,(H,20,22). The number of rotatable bonds is 5. The first kappa shape index (κ1) is 15.7. The van der Waals surface area contributed by atoms with Crippen molar-refractivity contribution in [3.8, 4) is 5.69 Å². The molecule has 0 aliphatic carbocycles. The van der Waals surface area contributed by atoms with E-state index in [2.05, 4.69) is 15.7 Å². The van der Waals surface area contributed by atoms with Gasteiger partial charge in [0.1, 0.15) is 0 Å². The van der Waals surface area contributed by atoms with E-state index in [4.69, 9.17) is 4.74 Å². The topological polar surface area (TPSA) is 68.2 Å². The zero-order valence-electron chi connectivity index (χ0n) is 13.2. The molecule has 1 aromatic heterocycles. The Labute approximate surface area is 135 Å². The molecule has 1 aliphatic heterocycles. The number of ether oxygens (including phenoxy) is 1. The number of amides is 1. The van der Waals surface area contributed by atoms with Gasteiger partial charge in [0.25, 0.3) is 0 Å². The first-order valence-corrected chi connectivity index (χ1v) is 7.93. The number of hydrogen-bond acceptors (Lipinski definition) is 4. The van der Waals surface area contributed by atoms with Crippen LogP contribution >= 0.6 is 0 Å². The van der Waals surface area contributed by atoms with Crippen LogP contribution in [0.1, 0.15) is 24.9 Å². The van der Waals surface area contributed by atoms with E-state index in [1.54, 1.807) is 10.9 Å². The van der Waals surface area contributed by atoms with E-state index in [0.717, 1.165) is 24.4 Å². The fourth-order valence-electron chi connectivity index (χ4n) is 2.72. The van der Waals surface area contributed by atoms with Crippen molar-refractivity contribution in [3.63, 3.8) is 0 Å². The zero-order chi connectivity index (χ0) is 16.1. The summed E-state index contributed by atoms with van der Waals surface area (Å²) >= 11 is 0. The molecule has 2 heterocycles. The summed E-state index contributed by atoms with van der Waals surface area (Å²) in [4.78, 5) is 12.2. The molecule has 2 unspecified atom stereocenters. The maximum Gasteiger partial charge on any atom is 0.222 e. The van der Waals surface area contributed by atoms with Gasteiger partial charge in [0.05, 0.1) is 24.9 Å². The number of nitrogens with one attached hydrogen (secondary N) is 2. The number of carbonyl (C=O) groups is 1. The molecule has 0 spiro atoms. The fourth-order valence-corrected chi connectivity index (χ4v) is 2.72. The number of carbonyl (C=O) groups excluding carboxylic acids is 1. The number of benzene rings is 1. The van der Waals surface area contributed by atoms with E-state index in [-0.39, 0.29) is 18.0 Å². The predicted octanol–water partition coefficient (Wildman–Crippen LogP) is 1.43. The van der Waals surface area contributed by atoms with Gasteiger partial charge < -0.3 is 15.4 Å². The summed E-state index contributed by atoms with van der Waals surface area (Å²) in [6.45, 7) is 4.11. The van der Waals surface area contributed by atoms with Crippen LogP contribution in [0.3, 0.4) is 0 Å². The Hall–Kier alpha value is -2.18. The number of morpholine rings is 1. The van der Waals surface area contributed by atoms with Crippen LogP contribution in [0, 0.1) is 0 Å². The second-order valence-corrected chi connectivity index (χ2v) is 5.76. The van der Waals surface area contributed by atoms with Gasteiger partial charge in [-0.15, -0.1) is 0 Å². The lowest BCUT2D eigenvalue weighted by Gasteiger charge is -2.24. The Morgan fingerprint density at radius 2 is 2.43 bits per heavy atom. The van der Waals surface area contributed by atoms with Crippen LogP contribution in [0.2, 0.25) is 0 Å². The molecule has 6 heteroatoms. The highest BCUT2D eigenvalue weighted by Crippen LogP contribution is 2.16. The third-order valence-electron chi connectivity index (χ3n) is 3.95. The summed E-state index contributed by atoms with van der Waals surface area (Å²) < 4.78 is 7.18. The Bertz CT molecular complexity index is 636. The van der Waals surface area contributed by atoms with Gasteiger partial charge in [0, 0.05) is 31.4 Å². The summed E-state index contributed by atoms with van der Waals surface area (Å²) in [5.74, 6) is 0.0324. The van der Waals surface area contributed by atoms with E-state index in [9.17, 15) is 4.79 Å². The third kappa shape index (κ3) is 4.18. The minimum Gasteiger partial charge on any atom is -0.378 e. The maximum absolute atomic E-state index is 12.2. The van der Waals surface area contributed by atoms with Crippen LogP contribution < -0.4 is 10.6 Å². The van der Waals surface area contributed by atoms with Crippen molar-refractivity contribution in [3.05, 3.63) is 48.3 Å². The highest BCUT2D eigenvalue weighted by atomic mass is 16.5. The Kier molecular flexibility index (Phi) is 5.05. The van der Waals surface area contributed by atoms with Gasteiger partial charge in [-0.25, -0.2) is 4.68 Å². The van der Waals surface area contributed by atoms with Gasteiger partial charge in [-0.3, -0.25) is 4.79 Å². The summed E-state index contributed by atoms with van der Waals surface area (Å²) in [5.41, 5.74) is 2.04. The van der Waals surface area contributed by atoms with Crippen molar-refractivity contribution in [1.29, 1.82) is 0 Å². The minimum absolute atomic E-state index is 0.0324. The zero-order valence-corrected chi connectivity index (χ0v) is 13.2. The Balaban J connectivity index is 1.60. The van der Waals surface area contributed by atoms with Crippen molar-refractivity contribution >= 4 is 5.91 Å². The summed E-state index contributed by atoms with van der Waals surface area (Å²) in [5, 5.41) is 10.6. The Morgan fingerprint density at radius 1 is 1.52 bits per heavy atom. The molecule has 2 atom stereocenters. The van der Waals surface area contributed by atoms with Crippen LogP contribution in [-0.2, 0) is 9.53 Å². The molecular weight excluding hydrogens is 292 g/mol. The summed E-state index contributed by atoms with van der Waals surface area (Å²) in [7, 11) is 0. The molecule has 1 saturated heterocycles. The fraction of sp³-hybridized carbons (Fsp3) is 0.412. The lowest BCUT2D eigenvalue weighted by atomic mass is 10.1. The minimum atomic E-state index is -0.0532. The van der Waals surface area contributed by atoms with E-state index >= 15 is 0 Å². The summed E-state index contributed by atoms with van der Waals surface area (Å²) in [6, 6.07) is 9.96. The molecular formula is C17H22N4O2. The average Bonchev–Trinajstić information content (AvgIpc) is 3.10. The van der Waals surface area contributed by atoms with Crippen LogP contribution in [0.4, 0.5) is 0 Å². The lowest BCUT2D eigenvalue weighted by Crippen LogP contribution is -2.44. The van der Waals surface area contributed by atoms with Crippen LogP contribution in [0.5, 0.6) is 0 Å². The van der Waals surface area contributed by atoms with Gasteiger partial charge >= 0.3 is 0 Å². The highest BCUT2D eigenvalue weighted by molar-refractivity contribution is 5.77. The monoisotopic (exact) mass is 314 g/mol. The molecule has 0 saturated carbocycles. The van der Waals surface area contributed by atoms with E-state index < -0.39 is 0 Å². The van der Waals surface area contributed by atoms with Crippen LogP contribution in [0.15, 0.2) is 42.7 Å². The summed E-state index contributed by atoms with van der Waals surface area (Å²) in [6.07, 6.45) is 4.08. The largest absolute Gasteiger partial charge is 0.378 e. The van der Waals surface area contributed by atoms with Crippen molar-refractivity contribution in [2.75, 3.05) is 19.8 Å². The lowest BCUT2D eigenvalue weighted by molar-refractivity contribution is -0.122. The number of hydrogen-bond donors (Lipinski definition) is 2. The SMILES string of the molecule is CC(NC(=O)CC1COCCN1)c1cccc(-n2cccn2)c1. The molecule has 1 fully saturated rings. The van der Waals surface area contributed by atoms with E-state index in [0.29, 0.717) is 13.0 Å². The van der Waals surface area contributed by atoms with Crippen molar-refractivity contribution < 1.29 is 9.53 Å². The Morgan fingerprint density at radius 3 is 3.17 bits per heavy atom. The van der Waals surface area contributed by atoms with Crippen molar-refractivity contribution in [1.82, 2.24) is 20.4 Å². The van der Waals surface area contributed by atoms with Gasteiger partial charge in [0.2, 0.25) is 5.91 Å². The molecule has 122 valence electrons. The van der Waals surface area contributed by atoms with E-state index in [1.165, 1.54) is 0 Å². The first-order valence-electron chi connectivity index (χ1n) is 7.93. The first-order chi connectivity index (χ1) is 11.2. The molecule has 0 bridgehead atoms. The van der Waals surface area contributed by atoms with Gasteiger partial charge in [-0.1, -0.05) is 12.1 Å². The molecule has 1 amide bonds. The van der Waals surface area contributed by atoms with Crippen molar-refractivity contribution in [2.45, 2.75) is 25.4 Å². The van der Waals surface area contributed by atoms with Gasteiger partial charge in [-0.2, -0.15) is 5.10 Å². The maximum atomic E-state index is 12.2. The normalized spacial score (nSPS) is 19.3. The van der Waals surface area contributed by atoms with Crippen LogP contribution in [0.25, 0.3) is 5.69 Å². The van der Waals surface area contributed by atoms with Crippen LogP contribution in [-0.4, -0.2) is 41.5 Å². The molecule has 2 N–H and O–H groups in total. The molecule has 3 rings (SSSR count). The third-order valence-corrected chi connectivity index (χ3v) is 3.95. The van der Waals surface area contributed by atoms with E-state index in [1.807, 2.05) is 43.5 Å². The van der Waals surface area contributed by atoms with Gasteiger partial charge in [0.15, 0.2) is 0 Å². The average molecular weight is 314 g/mol. The molecule has 0 radical (unpaired) electrons. The molecule has 6 nitrogen and oxygen atoms in total. The number of nitrogens with zero attached hydrogens (tertiary/aromatic N) is 2. The second-order valence-electron chi connectivity index (χ2n) is 5.76. The molecule has 23 heavy (non-hydrogen) atoms. The smallest absolute Gasteiger partial charge is 0.222 e. The van der Waals surface area contributed by atoms with Gasteiger partial charge in [-0.05, 0) is 30.7 Å². The molecule has 1 aliphatic rings. The molecule has 2 aromatic rings. The molecule has 1 aromatic carbocycles. The quantitative estimate of drug-likeness (QED) is 0.876. The highest BCUT2D eigenvalue weighted by Gasteiger charge is 2.18. The second kappa shape index (κ2) is 7.39. The predicted molar refractivity (Wildman–Crippen MR) is 87.3 cm³/mol.